The van der Waals surface area contributed by atoms with Gasteiger partial charge in [0.05, 0.1) is 12.0 Å². The van der Waals surface area contributed by atoms with Gasteiger partial charge < -0.3 is 15.4 Å². The molecule has 0 unspecified atom stereocenters. The van der Waals surface area contributed by atoms with Gasteiger partial charge in [-0.25, -0.2) is 18.4 Å². The summed E-state index contributed by atoms with van der Waals surface area (Å²) in [5.74, 6) is 2.84. The predicted molar refractivity (Wildman–Crippen MR) is 136 cm³/mol. The van der Waals surface area contributed by atoms with Gasteiger partial charge in [0.2, 0.25) is 0 Å². The zero-order chi connectivity index (χ0) is 24.1. The summed E-state index contributed by atoms with van der Waals surface area (Å²) in [7, 11) is -2.16. The summed E-state index contributed by atoms with van der Waals surface area (Å²) < 4.78 is 33.4. The molecule has 34 heavy (non-hydrogen) atoms. The van der Waals surface area contributed by atoms with Crippen LogP contribution in [0.1, 0.15) is 43.5 Å². The molecule has 0 spiro atoms. The van der Waals surface area contributed by atoms with Crippen LogP contribution < -0.4 is 20.1 Å². The van der Waals surface area contributed by atoms with Gasteiger partial charge >= 0.3 is 0 Å². The molecule has 0 amide bonds. The van der Waals surface area contributed by atoms with Crippen LogP contribution in [0.2, 0.25) is 0 Å². The van der Waals surface area contributed by atoms with Crippen molar-refractivity contribution in [3.63, 3.8) is 0 Å². The van der Waals surface area contributed by atoms with Crippen molar-refractivity contribution in [3.05, 3.63) is 59.9 Å². The quantitative estimate of drug-likeness (QED) is 0.396. The Morgan fingerprint density at radius 2 is 1.56 bits per heavy atom. The molecule has 0 radical (unpaired) electrons. The number of sulfonamides is 1. The van der Waals surface area contributed by atoms with Crippen LogP contribution in [0.25, 0.3) is 0 Å². The minimum Gasteiger partial charge on any atom is -0.496 e. The number of ether oxygens (including phenoxy) is 1. The van der Waals surface area contributed by atoms with Crippen LogP contribution in [0, 0.1) is 13.8 Å². The number of hydrogen-bond donors (Lipinski definition) is 3. The number of anilines is 4. The van der Waals surface area contributed by atoms with Gasteiger partial charge in [-0.3, -0.25) is 4.72 Å². The summed E-state index contributed by atoms with van der Waals surface area (Å²) >= 11 is 0. The molecule has 9 heteroatoms. The third-order valence-electron chi connectivity index (χ3n) is 5.88. The first-order valence-corrected chi connectivity index (χ1v) is 13.0. The minimum atomic E-state index is -3.71. The SMILES string of the molecule is COc1ccc(S(=O)(=O)Nc2ccc(Nc3cc(NC4CCCCC4)nc(C)n3)cc2)cc1C. The fourth-order valence-corrected chi connectivity index (χ4v) is 5.31. The molecule has 1 fully saturated rings. The Kier molecular flexibility index (Phi) is 7.21. The second-order valence-corrected chi connectivity index (χ2v) is 10.3. The molecule has 1 aromatic heterocycles. The summed E-state index contributed by atoms with van der Waals surface area (Å²) in [6.07, 6.45) is 6.14. The molecule has 1 saturated carbocycles. The molecule has 0 saturated heterocycles. The van der Waals surface area contributed by atoms with Gasteiger partial charge in [0.1, 0.15) is 23.2 Å². The minimum absolute atomic E-state index is 0.183. The van der Waals surface area contributed by atoms with E-state index in [1.54, 1.807) is 31.4 Å². The Balaban J connectivity index is 1.43. The standard InChI is InChI=1S/C25H31N5O3S/c1-17-15-22(13-14-23(17)33-3)34(31,32)30-21-11-9-20(10-12-21)29-25-16-24(26-18(2)27-25)28-19-7-5-4-6-8-19/h9-16,19,30H,4-8H2,1-3H3,(H2,26,27,28,29). The van der Waals surface area contributed by atoms with E-state index in [1.165, 1.54) is 38.2 Å². The second kappa shape index (κ2) is 10.3. The van der Waals surface area contributed by atoms with Crippen molar-refractivity contribution >= 4 is 33.0 Å². The first-order valence-electron chi connectivity index (χ1n) is 11.5. The van der Waals surface area contributed by atoms with Crippen molar-refractivity contribution in [2.75, 3.05) is 22.5 Å². The second-order valence-electron chi connectivity index (χ2n) is 8.60. The zero-order valence-electron chi connectivity index (χ0n) is 19.8. The van der Waals surface area contributed by atoms with Crippen molar-refractivity contribution in [1.29, 1.82) is 0 Å². The Morgan fingerprint density at radius 3 is 2.24 bits per heavy atom. The molecule has 1 aliphatic rings. The van der Waals surface area contributed by atoms with E-state index in [1.807, 2.05) is 32.0 Å². The first kappa shape index (κ1) is 23.8. The number of nitrogens with one attached hydrogen (secondary N) is 3. The van der Waals surface area contributed by atoms with E-state index in [-0.39, 0.29) is 4.90 Å². The van der Waals surface area contributed by atoms with Gasteiger partial charge in [-0.1, -0.05) is 19.3 Å². The maximum absolute atomic E-state index is 12.8. The fourth-order valence-electron chi connectivity index (χ4n) is 4.16. The molecule has 1 aliphatic carbocycles. The average molecular weight is 482 g/mol. The van der Waals surface area contributed by atoms with Gasteiger partial charge in [-0.2, -0.15) is 0 Å². The monoisotopic (exact) mass is 481 g/mol. The number of hydrogen-bond acceptors (Lipinski definition) is 7. The summed E-state index contributed by atoms with van der Waals surface area (Å²) in [6, 6.07) is 14.2. The van der Waals surface area contributed by atoms with Gasteiger partial charge in [0.25, 0.3) is 10.0 Å². The third kappa shape index (κ3) is 5.96. The van der Waals surface area contributed by atoms with Crippen LogP contribution in [-0.2, 0) is 10.0 Å². The lowest BCUT2D eigenvalue weighted by Crippen LogP contribution is -2.23. The van der Waals surface area contributed by atoms with Crippen LogP contribution in [0.5, 0.6) is 5.75 Å². The topological polar surface area (TPSA) is 105 Å². The maximum Gasteiger partial charge on any atom is 0.261 e. The summed E-state index contributed by atoms with van der Waals surface area (Å²) in [4.78, 5) is 9.19. The van der Waals surface area contributed by atoms with Crippen molar-refractivity contribution in [3.8, 4) is 5.75 Å². The molecule has 0 bridgehead atoms. The van der Waals surface area contributed by atoms with Gasteiger partial charge in [-0.05, 0) is 74.7 Å². The highest BCUT2D eigenvalue weighted by Crippen LogP contribution is 2.26. The molecule has 2 aromatic carbocycles. The van der Waals surface area contributed by atoms with Crippen LogP contribution in [0.15, 0.2) is 53.4 Å². The van der Waals surface area contributed by atoms with Crippen LogP contribution in [0.4, 0.5) is 23.0 Å². The molecule has 4 rings (SSSR count). The van der Waals surface area contributed by atoms with Crippen molar-refractivity contribution in [1.82, 2.24) is 9.97 Å². The summed E-state index contributed by atoms with van der Waals surface area (Å²) in [5.41, 5.74) is 2.02. The van der Waals surface area contributed by atoms with E-state index in [0.29, 0.717) is 29.1 Å². The molecule has 3 N–H and O–H groups in total. The van der Waals surface area contributed by atoms with Crippen molar-refractivity contribution < 1.29 is 13.2 Å². The number of benzene rings is 2. The van der Waals surface area contributed by atoms with Gasteiger partial charge in [0.15, 0.2) is 0 Å². The number of aryl methyl sites for hydroxylation is 2. The summed E-state index contributed by atoms with van der Waals surface area (Å²) in [6.45, 7) is 3.68. The van der Waals surface area contributed by atoms with E-state index in [4.69, 9.17) is 4.74 Å². The van der Waals surface area contributed by atoms with Gasteiger partial charge in [-0.15, -0.1) is 0 Å². The zero-order valence-corrected chi connectivity index (χ0v) is 20.6. The number of nitrogens with zero attached hydrogens (tertiary/aromatic N) is 2. The smallest absolute Gasteiger partial charge is 0.261 e. The lowest BCUT2D eigenvalue weighted by atomic mass is 9.95. The van der Waals surface area contributed by atoms with E-state index in [2.05, 4.69) is 25.3 Å². The lowest BCUT2D eigenvalue weighted by Gasteiger charge is -2.23. The lowest BCUT2D eigenvalue weighted by molar-refractivity contribution is 0.411. The molecule has 1 heterocycles. The molecule has 0 aliphatic heterocycles. The van der Waals surface area contributed by atoms with E-state index in [0.717, 1.165) is 17.1 Å². The number of rotatable bonds is 8. The molecule has 8 nitrogen and oxygen atoms in total. The highest BCUT2D eigenvalue weighted by Gasteiger charge is 2.16. The van der Waals surface area contributed by atoms with E-state index >= 15 is 0 Å². The fraction of sp³-hybridized carbons (Fsp3) is 0.360. The Bertz CT molecular complexity index is 1240. The average Bonchev–Trinajstić information content (AvgIpc) is 2.80. The Labute approximate surface area is 201 Å². The van der Waals surface area contributed by atoms with Crippen molar-refractivity contribution in [2.45, 2.75) is 56.9 Å². The van der Waals surface area contributed by atoms with Gasteiger partial charge in [0, 0.05) is 23.5 Å². The molecule has 0 atom stereocenters. The highest BCUT2D eigenvalue weighted by atomic mass is 32.2. The van der Waals surface area contributed by atoms with Crippen LogP contribution in [-0.4, -0.2) is 31.5 Å². The number of aromatic nitrogens is 2. The number of methoxy groups -OCH3 is 1. The van der Waals surface area contributed by atoms with E-state index in [9.17, 15) is 8.42 Å². The molecule has 180 valence electrons. The predicted octanol–water partition coefficient (Wildman–Crippen LogP) is 5.39. The first-order chi connectivity index (χ1) is 16.3. The van der Waals surface area contributed by atoms with Crippen LogP contribution in [0.3, 0.4) is 0 Å². The van der Waals surface area contributed by atoms with E-state index < -0.39 is 10.0 Å². The highest BCUT2D eigenvalue weighted by molar-refractivity contribution is 7.92. The van der Waals surface area contributed by atoms with Crippen molar-refractivity contribution in [2.24, 2.45) is 0 Å². The third-order valence-corrected chi connectivity index (χ3v) is 7.26. The molecular weight excluding hydrogens is 450 g/mol. The largest absolute Gasteiger partial charge is 0.496 e. The van der Waals surface area contributed by atoms with Crippen LogP contribution >= 0.6 is 0 Å². The molecular formula is C25H31N5O3S. The Hall–Kier alpha value is -3.33. The maximum atomic E-state index is 12.8. The summed E-state index contributed by atoms with van der Waals surface area (Å²) in [5, 5.41) is 6.82. The molecule has 3 aromatic rings. The normalized spacial score (nSPS) is 14.4. The Morgan fingerprint density at radius 1 is 0.882 bits per heavy atom.